The molecule has 9 nitrogen and oxygen atoms in total. The van der Waals surface area contributed by atoms with Crippen molar-refractivity contribution < 1.29 is 14.3 Å². The number of aromatic nitrogens is 2. The van der Waals surface area contributed by atoms with Crippen molar-refractivity contribution in [2.24, 2.45) is 0 Å². The van der Waals surface area contributed by atoms with Crippen LogP contribution in [0, 0.1) is 0 Å². The van der Waals surface area contributed by atoms with Crippen molar-refractivity contribution in [2.45, 2.75) is 12.8 Å². The number of nitrogens with two attached hydrogens (primary N) is 2. The Morgan fingerprint density at radius 3 is 2.24 bits per heavy atom. The van der Waals surface area contributed by atoms with Crippen molar-refractivity contribution in [3.63, 3.8) is 0 Å². The number of anilines is 4. The molecule has 0 aliphatic rings. The molecular weight excluding hydrogens is 420 g/mol. The number of fused-ring (bicyclic) bond motifs is 1. The molecule has 170 valence electrons. The fraction of sp³-hybridized carbons (Fsp3) is 0.167. The van der Waals surface area contributed by atoms with Crippen LogP contribution in [0.2, 0.25) is 0 Å². The van der Waals surface area contributed by atoms with Crippen LogP contribution in [0.15, 0.2) is 60.7 Å². The number of rotatable bonds is 7. The summed E-state index contributed by atoms with van der Waals surface area (Å²) < 4.78 is 11.6. The van der Waals surface area contributed by atoms with Crippen molar-refractivity contribution in [3.8, 4) is 11.5 Å². The number of nitrogens with zero attached hydrogens (tertiary/aromatic N) is 2. The Kier molecular flexibility index (Phi) is 5.95. The number of hydrogen-bond acceptors (Lipinski definition) is 8. The first kappa shape index (κ1) is 21.8. The van der Waals surface area contributed by atoms with Crippen LogP contribution in [0.25, 0.3) is 10.8 Å². The van der Waals surface area contributed by atoms with E-state index in [2.05, 4.69) is 16.0 Å². The number of benzene rings is 3. The van der Waals surface area contributed by atoms with Gasteiger partial charge in [0.1, 0.15) is 17.2 Å². The molecule has 0 fully saturated rings. The SMILES string of the molecule is COc1ccc(NNc2c(N)nn(C(=O)[C@@H](C)c3ccc4cc(OC)ccc4c3)c2N)cc1. The van der Waals surface area contributed by atoms with E-state index >= 15 is 0 Å². The minimum atomic E-state index is -0.486. The van der Waals surface area contributed by atoms with Gasteiger partial charge in [-0.3, -0.25) is 10.2 Å². The summed E-state index contributed by atoms with van der Waals surface area (Å²) in [5, 5.41) is 6.19. The Bertz CT molecular complexity index is 1300. The number of hydrogen-bond donors (Lipinski definition) is 4. The van der Waals surface area contributed by atoms with E-state index < -0.39 is 5.92 Å². The summed E-state index contributed by atoms with van der Waals surface area (Å²) in [5.41, 5.74) is 20.1. The molecule has 0 saturated carbocycles. The number of hydrazine groups is 1. The van der Waals surface area contributed by atoms with Gasteiger partial charge in [0.25, 0.3) is 5.91 Å². The molecule has 0 spiro atoms. The number of carbonyl (C=O) groups is 1. The van der Waals surface area contributed by atoms with E-state index in [9.17, 15) is 4.79 Å². The molecule has 6 N–H and O–H groups in total. The molecule has 4 rings (SSSR count). The smallest absolute Gasteiger partial charge is 0.256 e. The number of ether oxygens (including phenoxy) is 2. The normalized spacial score (nSPS) is 11.7. The van der Waals surface area contributed by atoms with Crippen LogP contribution in [0.5, 0.6) is 11.5 Å². The zero-order chi connectivity index (χ0) is 23.5. The number of methoxy groups -OCH3 is 2. The maximum absolute atomic E-state index is 13.2. The largest absolute Gasteiger partial charge is 0.497 e. The van der Waals surface area contributed by atoms with Crippen molar-refractivity contribution in [2.75, 3.05) is 36.5 Å². The summed E-state index contributed by atoms with van der Waals surface area (Å²) in [4.78, 5) is 13.2. The van der Waals surface area contributed by atoms with E-state index in [0.717, 1.165) is 38.2 Å². The van der Waals surface area contributed by atoms with Gasteiger partial charge in [0.05, 0.1) is 25.8 Å². The Balaban J connectivity index is 1.53. The van der Waals surface area contributed by atoms with Crippen LogP contribution >= 0.6 is 0 Å². The molecular formula is C24H26N6O3. The highest BCUT2D eigenvalue weighted by Crippen LogP contribution is 2.30. The molecule has 33 heavy (non-hydrogen) atoms. The Morgan fingerprint density at radius 1 is 0.909 bits per heavy atom. The van der Waals surface area contributed by atoms with E-state index in [1.807, 2.05) is 67.6 Å². The van der Waals surface area contributed by atoms with Gasteiger partial charge in [0.2, 0.25) is 0 Å². The van der Waals surface area contributed by atoms with Gasteiger partial charge in [-0.15, -0.1) is 5.10 Å². The van der Waals surface area contributed by atoms with Crippen molar-refractivity contribution >= 4 is 39.7 Å². The predicted molar refractivity (Wildman–Crippen MR) is 131 cm³/mol. The molecule has 0 unspecified atom stereocenters. The number of nitrogens with one attached hydrogen (secondary N) is 2. The first-order chi connectivity index (χ1) is 15.9. The van der Waals surface area contributed by atoms with Gasteiger partial charge in [-0.05, 0) is 59.7 Å². The monoisotopic (exact) mass is 446 g/mol. The summed E-state index contributed by atoms with van der Waals surface area (Å²) >= 11 is 0. The fourth-order valence-corrected chi connectivity index (χ4v) is 3.52. The van der Waals surface area contributed by atoms with E-state index in [1.165, 1.54) is 0 Å². The second kappa shape index (κ2) is 8.99. The first-order valence-electron chi connectivity index (χ1n) is 10.3. The lowest BCUT2D eigenvalue weighted by atomic mass is 9.97. The van der Waals surface area contributed by atoms with Crippen LogP contribution in [0.1, 0.15) is 23.2 Å². The molecule has 0 saturated heterocycles. The fourth-order valence-electron chi connectivity index (χ4n) is 3.52. The molecule has 1 heterocycles. The highest BCUT2D eigenvalue weighted by atomic mass is 16.5. The minimum absolute atomic E-state index is 0.111. The third kappa shape index (κ3) is 4.33. The van der Waals surface area contributed by atoms with Gasteiger partial charge in [-0.1, -0.05) is 24.3 Å². The summed E-state index contributed by atoms with van der Waals surface area (Å²) in [6.07, 6.45) is 0. The van der Waals surface area contributed by atoms with E-state index in [1.54, 1.807) is 14.2 Å². The number of carbonyl (C=O) groups excluding carboxylic acids is 1. The molecule has 0 aliphatic heterocycles. The molecule has 3 aromatic carbocycles. The molecule has 0 aliphatic carbocycles. The second-order valence-electron chi connectivity index (χ2n) is 7.57. The third-order valence-electron chi connectivity index (χ3n) is 5.52. The summed E-state index contributed by atoms with van der Waals surface area (Å²) in [6, 6.07) is 18.9. The molecule has 1 aromatic heterocycles. The molecule has 0 radical (unpaired) electrons. The summed E-state index contributed by atoms with van der Waals surface area (Å²) in [6.45, 7) is 1.81. The number of nitrogen functional groups attached to an aromatic ring is 2. The van der Waals surface area contributed by atoms with Crippen molar-refractivity contribution in [3.05, 3.63) is 66.2 Å². The van der Waals surface area contributed by atoms with Crippen LogP contribution in [0.4, 0.5) is 23.0 Å². The van der Waals surface area contributed by atoms with Crippen LogP contribution in [-0.4, -0.2) is 29.9 Å². The Morgan fingerprint density at radius 2 is 1.55 bits per heavy atom. The van der Waals surface area contributed by atoms with E-state index in [-0.39, 0.29) is 17.5 Å². The van der Waals surface area contributed by atoms with E-state index in [0.29, 0.717) is 5.69 Å². The highest BCUT2D eigenvalue weighted by molar-refractivity contribution is 5.93. The molecule has 9 heteroatoms. The van der Waals surface area contributed by atoms with Crippen molar-refractivity contribution in [1.82, 2.24) is 9.78 Å². The van der Waals surface area contributed by atoms with Crippen LogP contribution < -0.4 is 31.8 Å². The lowest BCUT2D eigenvalue weighted by molar-refractivity contribution is 0.0872. The minimum Gasteiger partial charge on any atom is -0.497 e. The molecule has 0 amide bonds. The van der Waals surface area contributed by atoms with Crippen molar-refractivity contribution in [1.29, 1.82) is 0 Å². The summed E-state index contributed by atoms with van der Waals surface area (Å²) in [7, 11) is 3.23. The van der Waals surface area contributed by atoms with Gasteiger partial charge in [-0.2, -0.15) is 4.68 Å². The Labute approximate surface area is 191 Å². The quantitative estimate of drug-likeness (QED) is 0.312. The van der Waals surface area contributed by atoms with Gasteiger partial charge in [0.15, 0.2) is 11.6 Å². The average Bonchev–Trinajstić information content (AvgIpc) is 3.14. The zero-order valence-electron chi connectivity index (χ0n) is 18.6. The maximum Gasteiger partial charge on any atom is 0.256 e. The van der Waals surface area contributed by atoms with Gasteiger partial charge >= 0.3 is 0 Å². The van der Waals surface area contributed by atoms with Gasteiger partial charge in [0, 0.05) is 0 Å². The Hall–Kier alpha value is -4.40. The average molecular weight is 447 g/mol. The van der Waals surface area contributed by atoms with Crippen LogP contribution in [0.3, 0.4) is 0 Å². The highest BCUT2D eigenvalue weighted by Gasteiger charge is 2.24. The lowest BCUT2D eigenvalue weighted by Gasteiger charge is -2.13. The first-order valence-corrected chi connectivity index (χ1v) is 10.3. The molecule has 1 atom stereocenters. The zero-order valence-corrected chi connectivity index (χ0v) is 18.6. The molecule has 0 bridgehead atoms. The summed E-state index contributed by atoms with van der Waals surface area (Å²) in [5.74, 6) is 0.975. The third-order valence-corrected chi connectivity index (χ3v) is 5.52. The predicted octanol–water partition coefficient (Wildman–Crippen LogP) is 4.10. The standard InChI is InChI=1S/C24H26N6O3/c1-14(15-4-5-17-13-20(33-3)9-6-16(17)12-15)24(31)30-23(26)21(22(25)29-30)28-27-18-7-10-19(32-2)11-8-18/h4-14,27-28H,26H2,1-3H3,(H2,25,29)/t14-/m0/s1. The molecule has 4 aromatic rings. The topological polar surface area (TPSA) is 129 Å². The van der Waals surface area contributed by atoms with Crippen LogP contribution in [-0.2, 0) is 0 Å². The van der Waals surface area contributed by atoms with Gasteiger partial charge in [-0.25, -0.2) is 0 Å². The lowest BCUT2D eigenvalue weighted by Crippen LogP contribution is -2.21. The maximum atomic E-state index is 13.2. The van der Waals surface area contributed by atoms with Gasteiger partial charge < -0.3 is 26.4 Å². The van der Waals surface area contributed by atoms with E-state index in [4.69, 9.17) is 20.9 Å². The second-order valence-corrected chi connectivity index (χ2v) is 7.57.